The highest BCUT2D eigenvalue weighted by atomic mass is 35.5. The second kappa shape index (κ2) is 15.6. The van der Waals surface area contributed by atoms with Crippen LogP contribution in [0, 0.1) is 5.92 Å². The molecule has 4 aromatic rings. The van der Waals surface area contributed by atoms with Gasteiger partial charge in [0.2, 0.25) is 17.8 Å². The Labute approximate surface area is 350 Å². The summed E-state index contributed by atoms with van der Waals surface area (Å²) in [6, 6.07) is 11.7. The second-order valence-corrected chi connectivity index (χ2v) is 16.9. The highest BCUT2D eigenvalue weighted by Gasteiger charge is 2.54. The Morgan fingerprint density at radius 3 is 2.40 bits per heavy atom. The van der Waals surface area contributed by atoms with E-state index in [1.807, 2.05) is 30.3 Å². The van der Waals surface area contributed by atoms with Crippen LogP contribution in [0.2, 0.25) is 5.02 Å². The Hall–Kier alpha value is -5.87. The van der Waals surface area contributed by atoms with E-state index in [9.17, 15) is 28.8 Å². The predicted octanol–water partition coefficient (Wildman–Crippen LogP) is 3.88. The van der Waals surface area contributed by atoms with Gasteiger partial charge in [-0.05, 0) is 112 Å². The van der Waals surface area contributed by atoms with E-state index in [2.05, 4.69) is 30.7 Å². The number of likely N-dealkylation sites (N-methyl/N-ethyl adjacent to an activating group) is 1. The third kappa shape index (κ3) is 7.14. The van der Waals surface area contributed by atoms with Gasteiger partial charge in [-0.2, -0.15) is 4.98 Å². The summed E-state index contributed by atoms with van der Waals surface area (Å²) in [5.74, 6) is -0.321. The lowest BCUT2D eigenvalue weighted by Gasteiger charge is -2.45. The molecule has 2 aromatic heterocycles. The molecule has 4 fully saturated rings. The van der Waals surface area contributed by atoms with Gasteiger partial charge in [0.15, 0.2) is 18.2 Å². The maximum atomic E-state index is 13.5. The summed E-state index contributed by atoms with van der Waals surface area (Å²) in [6.07, 6.45) is 8.15. The number of benzene rings is 2. The van der Waals surface area contributed by atoms with Crippen LogP contribution in [0.25, 0.3) is 10.9 Å². The number of aryl methyl sites for hydroxylation is 1. The van der Waals surface area contributed by atoms with Crippen molar-refractivity contribution < 1.29 is 28.7 Å². The topological polar surface area (TPSA) is 188 Å². The van der Waals surface area contributed by atoms with E-state index in [4.69, 9.17) is 21.3 Å². The van der Waals surface area contributed by atoms with Gasteiger partial charge in [0.25, 0.3) is 23.3 Å². The molecule has 4 aliphatic heterocycles. The van der Waals surface area contributed by atoms with E-state index in [1.165, 1.54) is 24.5 Å². The van der Waals surface area contributed by atoms with Gasteiger partial charge in [0.05, 0.1) is 22.8 Å². The molecule has 3 N–H and O–H groups in total. The quantitative estimate of drug-likeness (QED) is 0.196. The largest absolute Gasteiger partial charge is 0.478 e. The van der Waals surface area contributed by atoms with E-state index >= 15 is 0 Å². The SMILES string of the molecule is CNC(=O)COc1cc2cc(Nc3nc(N4CCC(C5(N6CCC(c7ccc8c(c7)C(=O)N(C7CCC(=O)NC7=O)C8=O)CC6)CC5)CC4)ncc3Cl)ccc2n(C)c1=O. The number of likely N-dealkylation sites (tertiary alicyclic amines) is 1. The molecule has 1 aliphatic carbocycles. The Morgan fingerprint density at radius 2 is 1.68 bits per heavy atom. The molecule has 1 atom stereocenters. The zero-order valence-corrected chi connectivity index (χ0v) is 34.2. The first-order chi connectivity index (χ1) is 28.9. The molecule has 312 valence electrons. The molecule has 16 nitrogen and oxygen atoms in total. The Balaban J connectivity index is 0.813. The minimum Gasteiger partial charge on any atom is -0.478 e. The van der Waals surface area contributed by atoms with Gasteiger partial charge < -0.3 is 24.8 Å². The van der Waals surface area contributed by atoms with Gasteiger partial charge in [0.1, 0.15) is 11.1 Å². The zero-order chi connectivity index (χ0) is 41.9. The van der Waals surface area contributed by atoms with E-state index < -0.39 is 29.7 Å². The molecule has 1 saturated carbocycles. The van der Waals surface area contributed by atoms with E-state index in [-0.39, 0.29) is 48.1 Å². The Morgan fingerprint density at radius 1 is 0.933 bits per heavy atom. The first kappa shape index (κ1) is 39.6. The number of nitrogens with zero attached hydrogens (tertiary/aromatic N) is 6. The molecule has 1 unspecified atom stereocenters. The number of carbonyl (C=O) groups excluding carboxylic acids is 5. The second-order valence-electron chi connectivity index (χ2n) is 16.5. The summed E-state index contributed by atoms with van der Waals surface area (Å²) in [4.78, 5) is 90.8. The lowest BCUT2D eigenvalue weighted by atomic mass is 9.82. The number of carbonyl (C=O) groups is 5. The molecule has 6 heterocycles. The number of imide groups is 2. The van der Waals surface area contributed by atoms with Gasteiger partial charge >= 0.3 is 0 Å². The fraction of sp³-hybridized carbons (Fsp3) is 0.442. The summed E-state index contributed by atoms with van der Waals surface area (Å²) >= 11 is 6.60. The van der Waals surface area contributed by atoms with Gasteiger partial charge in [-0.25, -0.2) is 4.98 Å². The molecule has 2 aromatic carbocycles. The maximum Gasteiger partial charge on any atom is 0.293 e. The van der Waals surface area contributed by atoms with Crippen molar-refractivity contribution in [3.63, 3.8) is 0 Å². The molecular formula is C43H46ClN9O7. The number of fused-ring (bicyclic) bond motifs is 2. The minimum absolute atomic E-state index is 0.0742. The van der Waals surface area contributed by atoms with Gasteiger partial charge in [-0.3, -0.25) is 43.9 Å². The maximum absolute atomic E-state index is 13.5. The van der Waals surface area contributed by atoms with Crippen LogP contribution in [0.4, 0.5) is 17.5 Å². The van der Waals surface area contributed by atoms with E-state index in [1.54, 1.807) is 25.4 Å². The number of hydrogen-bond acceptors (Lipinski definition) is 12. The monoisotopic (exact) mass is 835 g/mol. The fourth-order valence-corrected chi connectivity index (χ4v) is 9.85. The minimum atomic E-state index is -0.973. The number of ether oxygens (including phenoxy) is 1. The van der Waals surface area contributed by atoms with Crippen LogP contribution in [-0.4, -0.2) is 105 Å². The van der Waals surface area contributed by atoms with Crippen LogP contribution < -0.4 is 31.1 Å². The molecule has 0 bridgehead atoms. The standard InChI is InChI=1S/C43H46ClN9O7/c1-45-36(55)23-60-34-21-26-19-28(4-6-32(26)50(2)41(34)59)47-37-31(44)22-46-42(49-37)51-15-11-27(12-16-51)43(13-14-43)52-17-9-24(10-18-52)25-3-5-29-30(20-25)40(58)53(39(29)57)33-7-8-35(54)48-38(33)56/h3-6,19-22,24,27,33H,7-18,23H2,1-2H3,(H,45,55)(H,46,47,49)(H,48,54,56). The summed E-state index contributed by atoms with van der Waals surface area (Å²) in [5, 5.41) is 9.17. The van der Waals surface area contributed by atoms with Gasteiger partial charge in [-0.1, -0.05) is 17.7 Å². The smallest absolute Gasteiger partial charge is 0.293 e. The van der Waals surface area contributed by atoms with Crippen molar-refractivity contribution in [2.45, 2.75) is 68.9 Å². The number of amides is 5. The zero-order valence-electron chi connectivity index (χ0n) is 33.5. The van der Waals surface area contributed by atoms with Crippen molar-refractivity contribution in [3.05, 3.63) is 80.7 Å². The average molecular weight is 836 g/mol. The van der Waals surface area contributed by atoms with Crippen molar-refractivity contribution >= 4 is 69.5 Å². The van der Waals surface area contributed by atoms with E-state index in [0.29, 0.717) is 45.0 Å². The highest BCUT2D eigenvalue weighted by molar-refractivity contribution is 6.33. The highest BCUT2D eigenvalue weighted by Crippen LogP contribution is 2.53. The molecule has 17 heteroatoms. The normalized spacial score (nSPS) is 20.9. The summed E-state index contributed by atoms with van der Waals surface area (Å²) in [6.45, 7) is 3.30. The number of rotatable bonds is 10. The molecule has 5 amide bonds. The van der Waals surface area contributed by atoms with Crippen molar-refractivity contribution in [2.24, 2.45) is 13.0 Å². The number of halogens is 1. The number of pyridine rings is 1. The van der Waals surface area contributed by atoms with Crippen molar-refractivity contribution in [3.8, 4) is 5.75 Å². The van der Waals surface area contributed by atoms with Crippen LogP contribution in [0.5, 0.6) is 5.75 Å². The average Bonchev–Trinajstić information content (AvgIpc) is 4.04. The number of piperidine rings is 3. The van der Waals surface area contributed by atoms with Crippen LogP contribution in [-0.2, 0) is 21.4 Å². The van der Waals surface area contributed by atoms with Gasteiger partial charge in [-0.15, -0.1) is 0 Å². The number of aromatic nitrogens is 3. The predicted molar refractivity (Wildman–Crippen MR) is 223 cm³/mol. The number of nitrogens with one attached hydrogen (secondary N) is 3. The molecule has 0 radical (unpaired) electrons. The van der Waals surface area contributed by atoms with Crippen LogP contribution >= 0.6 is 11.6 Å². The first-order valence-corrected chi connectivity index (χ1v) is 20.9. The lowest BCUT2D eigenvalue weighted by Crippen LogP contribution is -2.54. The molecule has 60 heavy (non-hydrogen) atoms. The van der Waals surface area contributed by atoms with E-state index in [0.717, 1.165) is 67.7 Å². The molecular weight excluding hydrogens is 790 g/mol. The summed E-state index contributed by atoms with van der Waals surface area (Å²) < 4.78 is 7.00. The fourth-order valence-electron chi connectivity index (χ4n) is 9.71. The van der Waals surface area contributed by atoms with Crippen molar-refractivity contribution in [1.29, 1.82) is 0 Å². The van der Waals surface area contributed by atoms with Crippen molar-refractivity contribution in [2.75, 3.05) is 50.1 Å². The number of anilines is 3. The lowest BCUT2D eigenvalue weighted by molar-refractivity contribution is -0.136. The number of hydrogen-bond donors (Lipinski definition) is 3. The molecule has 0 spiro atoms. The Bertz CT molecular complexity index is 2510. The first-order valence-electron chi connectivity index (χ1n) is 20.6. The summed E-state index contributed by atoms with van der Waals surface area (Å²) in [7, 11) is 3.16. The van der Waals surface area contributed by atoms with Crippen LogP contribution in [0.3, 0.4) is 0 Å². The molecule has 3 saturated heterocycles. The van der Waals surface area contributed by atoms with Crippen molar-refractivity contribution in [1.82, 2.24) is 35.0 Å². The van der Waals surface area contributed by atoms with Crippen LogP contribution in [0.15, 0.2) is 53.5 Å². The molecule has 5 aliphatic rings. The Kier molecular flexibility index (Phi) is 10.3. The van der Waals surface area contributed by atoms with Gasteiger partial charge in [0, 0.05) is 50.2 Å². The summed E-state index contributed by atoms with van der Waals surface area (Å²) in [5.41, 5.74) is 2.95. The molecule has 9 rings (SSSR count). The third-order valence-electron chi connectivity index (χ3n) is 13.2. The van der Waals surface area contributed by atoms with Crippen LogP contribution in [0.1, 0.15) is 83.6 Å². The third-order valence-corrected chi connectivity index (χ3v) is 13.5.